The van der Waals surface area contributed by atoms with E-state index < -0.39 is 0 Å². The first-order chi connectivity index (χ1) is 6.61. The molecule has 80 valence electrons. The van der Waals surface area contributed by atoms with Crippen molar-refractivity contribution in [2.24, 2.45) is 16.8 Å². The third-order valence-corrected chi connectivity index (χ3v) is 2.16. The summed E-state index contributed by atoms with van der Waals surface area (Å²) in [6, 6.07) is -0.0695. The molecule has 0 spiro atoms. The van der Waals surface area contributed by atoms with Crippen LogP contribution in [0.3, 0.4) is 0 Å². The van der Waals surface area contributed by atoms with Gasteiger partial charge in [-0.15, -0.1) is 0 Å². The van der Waals surface area contributed by atoms with Crippen molar-refractivity contribution in [3.63, 3.8) is 0 Å². The van der Waals surface area contributed by atoms with Crippen LogP contribution in [0.5, 0.6) is 0 Å². The Morgan fingerprint density at radius 3 is 2.50 bits per heavy atom. The van der Waals surface area contributed by atoms with E-state index in [1.165, 1.54) is 5.01 Å². The zero-order valence-electron chi connectivity index (χ0n) is 9.02. The number of hydrogen-bond acceptors (Lipinski definition) is 5. The second kappa shape index (κ2) is 4.32. The van der Waals surface area contributed by atoms with Gasteiger partial charge >= 0.3 is 0 Å². The van der Waals surface area contributed by atoms with Crippen LogP contribution >= 0.6 is 0 Å². The Morgan fingerprint density at radius 2 is 2.07 bits per heavy atom. The molecule has 0 fully saturated rings. The van der Waals surface area contributed by atoms with Crippen molar-refractivity contribution < 1.29 is 9.47 Å². The third kappa shape index (κ3) is 1.82. The quantitative estimate of drug-likeness (QED) is 0.665. The van der Waals surface area contributed by atoms with Gasteiger partial charge in [0, 0.05) is 0 Å². The molecule has 1 rings (SSSR count). The van der Waals surface area contributed by atoms with Crippen LogP contribution in [0.1, 0.15) is 13.8 Å². The molecule has 1 heterocycles. The van der Waals surface area contributed by atoms with Gasteiger partial charge in [-0.25, -0.2) is 10.8 Å². The summed E-state index contributed by atoms with van der Waals surface area (Å²) in [4.78, 5) is 4.14. The number of hydrogen-bond donors (Lipinski definition) is 1. The van der Waals surface area contributed by atoms with Gasteiger partial charge in [0.2, 0.25) is 11.8 Å². The van der Waals surface area contributed by atoms with E-state index in [1.54, 1.807) is 20.4 Å². The summed E-state index contributed by atoms with van der Waals surface area (Å²) in [6.07, 6.45) is 1.55. The number of rotatable bonds is 2. The maximum atomic E-state index is 5.88. The van der Waals surface area contributed by atoms with Crippen molar-refractivity contribution in [3.8, 4) is 0 Å². The Kier molecular flexibility index (Phi) is 3.35. The van der Waals surface area contributed by atoms with Crippen molar-refractivity contribution in [2.45, 2.75) is 19.9 Å². The predicted octanol–water partition coefficient (Wildman–Crippen LogP) is 0.691. The average Bonchev–Trinajstić information content (AvgIpc) is 2.16. The molecular formula is C9H17N3O2. The topological polar surface area (TPSA) is 60.1 Å². The number of methoxy groups -OCH3 is 2. The normalized spacial score (nSPS) is 21.9. The first-order valence-corrected chi connectivity index (χ1v) is 4.51. The molecule has 0 saturated heterocycles. The molecule has 0 aromatic heterocycles. The molecule has 0 radical (unpaired) electrons. The molecule has 1 atom stereocenters. The van der Waals surface area contributed by atoms with Crippen molar-refractivity contribution >= 4 is 5.90 Å². The Morgan fingerprint density at radius 1 is 1.43 bits per heavy atom. The van der Waals surface area contributed by atoms with Crippen molar-refractivity contribution in [1.82, 2.24) is 5.01 Å². The molecule has 2 N–H and O–H groups in total. The van der Waals surface area contributed by atoms with Gasteiger partial charge in [-0.05, 0) is 5.92 Å². The zero-order valence-corrected chi connectivity index (χ0v) is 9.02. The molecule has 0 saturated carbocycles. The highest BCUT2D eigenvalue weighted by molar-refractivity contribution is 5.83. The fraction of sp³-hybridized carbons (Fsp3) is 0.667. The van der Waals surface area contributed by atoms with E-state index in [9.17, 15) is 0 Å². The third-order valence-electron chi connectivity index (χ3n) is 2.16. The number of ether oxygens (including phenoxy) is 2. The van der Waals surface area contributed by atoms with Crippen LogP contribution in [0.15, 0.2) is 17.1 Å². The molecule has 0 amide bonds. The summed E-state index contributed by atoms with van der Waals surface area (Å²) in [5, 5.41) is 1.54. The highest BCUT2D eigenvalue weighted by Gasteiger charge is 2.31. The lowest BCUT2D eigenvalue weighted by Gasteiger charge is -2.34. The van der Waals surface area contributed by atoms with Gasteiger partial charge in [0.1, 0.15) is 6.04 Å². The molecule has 0 aliphatic carbocycles. The van der Waals surface area contributed by atoms with Gasteiger partial charge in [0.25, 0.3) is 0 Å². The number of nitrogens with two attached hydrogens (primary N) is 1. The number of aliphatic imine (C=N–C) groups is 1. The van der Waals surface area contributed by atoms with E-state index in [1.807, 2.05) is 0 Å². The largest absolute Gasteiger partial charge is 0.483 e. The highest BCUT2D eigenvalue weighted by Crippen LogP contribution is 2.19. The first-order valence-electron chi connectivity index (χ1n) is 4.51. The minimum absolute atomic E-state index is 0.0695. The van der Waals surface area contributed by atoms with Crippen LogP contribution < -0.4 is 5.84 Å². The van der Waals surface area contributed by atoms with Gasteiger partial charge < -0.3 is 9.47 Å². The Bertz CT molecular complexity index is 261. The highest BCUT2D eigenvalue weighted by atomic mass is 16.5. The second-order valence-electron chi connectivity index (χ2n) is 3.44. The summed E-state index contributed by atoms with van der Waals surface area (Å²) in [7, 11) is 3.16. The van der Waals surface area contributed by atoms with Gasteiger partial charge in [-0.3, -0.25) is 5.01 Å². The molecule has 0 aromatic rings. The predicted molar refractivity (Wildman–Crippen MR) is 54.2 cm³/mol. The van der Waals surface area contributed by atoms with E-state index >= 15 is 0 Å². The molecule has 0 unspecified atom stereocenters. The average molecular weight is 199 g/mol. The van der Waals surface area contributed by atoms with Crippen molar-refractivity contribution in [3.05, 3.63) is 12.1 Å². The van der Waals surface area contributed by atoms with E-state index in [0.717, 1.165) is 0 Å². The van der Waals surface area contributed by atoms with Gasteiger partial charge in [-0.2, -0.15) is 0 Å². The Labute approximate surface area is 84.2 Å². The summed E-state index contributed by atoms with van der Waals surface area (Å²) < 4.78 is 10.2. The van der Waals surface area contributed by atoms with E-state index in [2.05, 4.69) is 18.8 Å². The van der Waals surface area contributed by atoms with Crippen molar-refractivity contribution in [2.75, 3.05) is 14.2 Å². The fourth-order valence-corrected chi connectivity index (χ4v) is 1.46. The van der Waals surface area contributed by atoms with Crippen LogP contribution in [0.2, 0.25) is 0 Å². The second-order valence-corrected chi connectivity index (χ2v) is 3.44. The molecule has 0 bridgehead atoms. The minimum Gasteiger partial charge on any atom is -0.483 e. The monoisotopic (exact) mass is 199 g/mol. The summed E-state index contributed by atoms with van der Waals surface area (Å²) in [5.41, 5.74) is 0. The molecule has 5 heteroatoms. The molecule has 0 aromatic carbocycles. The van der Waals surface area contributed by atoms with Crippen LogP contribution in [-0.4, -0.2) is 31.2 Å². The Hall–Kier alpha value is -1.23. The maximum absolute atomic E-state index is 5.88. The van der Waals surface area contributed by atoms with Gasteiger partial charge in [0.05, 0.1) is 20.4 Å². The van der Waals surface area contributed by atoms with Crippen LogP contribution in [0.25, 0.3) is 0 Å². The number of nitrogens with zero attached hydrogens (tertiary/aromatic N) is 2. The lowest BCUT2D eigenvalue weighted by Crippen LogP contribution is -2.50. The van der Waals surface area contributed by atoms with Crippen LogP contribution in [0.4, 0.5) is 0 Å². The molecule has 1 aliphatic rings. The maximum Gasteiger partial charge on any atom is 0.223 e. The van der Waals surface area contributed by atoms with Crippen LogP contribution in [-0.2, 0) is 9.47 Å². The van der Waals surface area contributed by atoms with E-state index in [-0.39, 0.29) is 6.04 Å². The van der Waals surface area contributed by atoms with E-state index in [4.69, 9.17) is 15.3 Å². The lowest BCUT2D eigenvalue weighted by molar-refractivity contribution is 0.106. The standard InChI is InChI=1S/C9H17N3O2/c1-6(2)8-9(14-4)11-5-7(13-3)12(8)10/h5-6,8H,10H2,1-4H3/t8-/m1/s1. The smallest absolute Gasteiger partial charge is 0.223 e. The summed E-state index contributed by atoms with van der Waals surface area (Å²) in [5.74, 6) is 7.34. The fourth-order valence-electron chi connectivity index (χ4n) is 1.46. The molecule has 1 aliphatic heterocycles. The van der Waals surface area contributed by atoms with Crippen LogP contribution in [0, 0.1) is 5.92 Å². The molecule has 14 heavy (non-hydrogen) atoms. The molecule has 5 nitrogen and oxygen atoms in total. The number of hydrazine groups is 1. The Balaban J connectivity index is 2.94. The SMILES string of the molecule is COC1=CN=C(OC)[C@@H](C(C)C)N1N. The summed E-state index contributed by atoms with van der Waals surface area (Å²) >= 11 is 0. The molecular weight excluding hydrogens is 182 g/mol. The summed E-state index contributed by atoms with van der Waals surface area (Å²) in [6.45, 7) is 4.11. The lowest BCUT2D eigenvalue weighted by atomic mass is 10.0. The zero-order chi connectivity index (χ0) is 10.7. The van der Waals surface area contributed by atoms with Gasteiger partial charge in [0.15, 0.2) is 0 Å². The first kappa shape index (κ1) is 10.8. The minimum atomic E-state index is -0.0695. The van der Waals surface area contributed by atoms with Gasteiger partial charge in [-0.1, -0.05) is 13.8 Å². The van der Waals surface area contributed by atoms with Crippen molar-refractivity contribution in [1.29, 1.82) is 0 Å². The van der Waals surface area contributed by atoms with E-state index in [0.29, 0.717) is 17.7 Å².